The van der Waals surface area contributed by atoms with E-state index in [1.165, 1.54) is 16.8 Å². The smallest absolute Gasteiger partial charge is 0.188 e. The minimum Gasteiger partial charge on any atom is -0.384 e. The highest BCUT2D eigenvalue weighted by atomic mass is 19.2. The lowest BCUT2D eigenvalue weighted by Crippen LogP contribution is -2.13. The number of halogens is 3. The number of aromatic nitrogens is 5. The topological polar surface area (TPSA) is 74.5 Å². The number of aryl methyl sites for hydroxylation is 1. The molecule has 5 aromatic rings. The zero-order chi connectivity index (χ0) is 23.7. The van der Waals surface area contributed by atoms with E-state index in [9.17, 15) is 0 Å². The molecule has 9 heteroatoms. The minimum atomic E-state index is -1.39. The van der Waals surface area contributed by atoms with Gasteiger partial charge in [0.15, 0.2) is 23.1 Å². The molecule has 168 valence electrons. The molecule has 6 nitrogen and oxygen atoms in total. The summed E-state index contributed by atoms with van der Waals surface area (Å²) in [5, 5.41) is 8.98. The van der Waals surface area contributed by atoms with E-state index >= 15 is 13.2 Å². The molecule has 0 bridgehead atoms. The first kappa shape index (κ1) is 21.0. The molecule has 0 saturated heterocycles. The zero-order valence-corrected chi connectivity index (χ0v) is 18.5. The Morgan fingerprint density at radius 1 is 0.879 bits per heavy atom. The summed E-state index contributed by atoms with van der Waals surface area (Å²) in [6.45, 7) is 5.85. The van der Waals surface area contributed by atoms with E-state index in [0.29, 0.717) is 28.0 Å². The molecule has 0 atom stereocenters. The summed E-state index contributed by atoms with van der Waals surface area (Å²) in [6.07, 6.45) is 0. The molecule has 0 aliphatic rings. The van der Waals surface area contributed by atoms with Gasteiger partial charge >= 0.3 is 0 Å². The Morgan fingerprint density at radius 2 is 1.58 bits per heavy atom. The molecule has 0 amide bonds. The van der Waals surface area contributed by atoms with E-state index in [-0.39, 0.29) is 22.1 Å². The maximum atomic E-state index is 15.7. The van der Waals surface area contributed by atoms with Crippen molar-refractivity contribution in [3.05, 3.63) is 65.6 Å². The molecule has 2 N–H and O–H groups in total. The summed E-state index contributed by atoms with van der Waals surface area (Å²) in [6, 6.07) is 11.9. The van der Waals surface area contributed by atoms with Gasteiger partial charge in [-0.1, -0.05) is 51.1 Å². The first-order valence-corrected chi connectivity index (χ1v) is 10.3. The van der Waals surface area contributed by atoms with Crippen LogP contribution in [-0.2, 0) is 12.5 Å². The van der Waals surface area contributed by atoms with Crippen molar-refractivity contribution in [3.8, 4) is 16.9 Å². The van der Waals surface area contributed by atoms with Gasteiger partial charge < -0.3 is 5.73 Å². The monoisotopic (exact) mass is 450 g/mol. The van der Waals surface area contributed by atoms with E-state index in [4.69, 9.17) is 5.73 Å². The van der Waals surface area contributed by atoms with Gasteiger partial charge in [0.05, 0.1) is 11.4 Å². The quantitative estimate of drug-likeness (QED) is 0.372. The highest BCUT2D eigenvalue weighted by Crippen LogP contribution is 2.35. The summed E-state index contributed by atoms with van der Waals surface area (Å²) in [7, 11) is 1.67. The van der Waals surface area contributed by atoms with Gasteiger partial charge in [-0.25, -0.2) is 22.8 Å². The summed E-state index contributed by atoms with van der Waals surface area (Å²) in [5.41, 5.74) is 6.72. The van der Waals surface area contributed by atoms with Gasteiger partial charge in [-0.3, -0.25) is 4.68 Å². The minimum absolute atomic E-state index is 0.0398. The second-order valence-electron chi connectivity index (χ2n) is 9.00. The van der Waals surface area contributed by atoms with Gasteiger partial charge in [0, 0.05) is 34.9 Å². The molecule has 0 aliphatic heterocycles. The fraction of sp³-hybridized carbons (Fsp3) is 0.208. The fourth-order valence-corrected chi connectivity index (χ4v) is 4.01. The number of nitrogen functional groups attached to an aromatic ring is 1. The van der Waals surface area contributed by atoms with Crippen LogP contribution in [0, 0.1) is 17.5 Å². The van der Waals surface area contributed by atoms with Gasteiger partial charge in [-0.05, 0) is 6.07 Å². The molecule has 0 unspecified atom stereocenters. The molecule has 0 saturated carbocycles. The number of rotatable bonds is 2. The van der Waals surface area contributed by atoms with Crippen LogP contribution >= 0.6 is 0 Å². The first-order chi connectivity index (χ1) is 15.6. The van der Waals surface area contributed by atoms with E-state index in [2.05, 4.69) is 15.2 Å². The number of nitrogens with two attached hydrogens (primary N) is 1. The van der Waals surface area contributed by atoms with Crippen molar-refractivity contribution in [1.82, 2.24) is 24.5 Å². The molecular weight excluding hydrogens is 429 g/mol. The lowest BCUT2D eigenvalue weighted by molar-refractivity contribution is 0.495. The fourth-order valence-electron chi connectivity index (χ4n) is 4.01. The zero-order valence-electron chi connectivity index (χ0n) is 18.5. The van der Waals surface area contributed by atoms with Gasteiger partial charge in [0.1, 0.15) is 17.0 Å². The average molecular weight is 450 g/mol. The Hall–Kier alpha value is -3.88. The van der Waals surface area contributed by atoms with Crippen LogP contribution in [0.25, 0.3) is 38.9 Å². The second kappa shape index (κ2) is 7.06. The first-order valence-electron chi connectivity index (χ1n) is 10.3. The molecule has 0 aliphatic carbocycles. The van der Waals surface area contributed by atoms with Gasteiger partial charge in [-0.15, -0.1) is 0 Å². The SMILES string of the molecule is Cn1nc(C(C)(C)C)c2cc3c(F)c(F)c(-n4nc(-c5ccccc5)cc4N)c(F)c3nc21. The number of benzene rings is 2. The van der Waals surface area contributed by atoms with Crippen LogP contribution in [0.15, 0.2) is 42.5 Å². The number of hydrogen-bond acceptors (Lipinski definition) is 4. The highest BCUT2D eigenvalue weighted by molar-refractivity contribution is 5.94. The third-order valence-electron chi connectivity index (χ3n) is 5.60. The normalized spacial score (nSPS) is 12.2. The van der Waals surface area contributed by atoms with Crippen molar-refractivity contribution in [2.24, 2.45) is 7.05 Å². The van der Waals surface area contributed by atoms with E-state index < -0.39 is 23.1 Å². The van der Waals surface area contributed by atoms with Crippen molar-refractivity contribution in [1.29, 1.82) is 0 Å². The summed E-state index contributed by atoms with van der Waals surface area (Å²) in [5.74, 6) is -3.71. The second-order valence-corrected chi connectivity index (χ2v) is 9.00. The van der Waals surface area contributed by atoms with Crippen LogP contribution in [0.4, 0.5) is 19.0 Å². The molecule has 2 aromatic carbocycles. The van der Waals surface area contributed by atoms with Crippen LogP contribution < -0.4 is 5.73 Å². The van der Waals surface area contributed by atoms with Crippen molar-refractivity contribution in [2.45, 2.75) is 26.2 Å². The third-order valence-corrected chi connectivity index (χ3v) is 5.60. The Balaban J connectivity index is 1.80. The molecule has 3 aromatic heterocycles. The Kier molecular flexibility index (Phi) is 4.49. The molecule has 5 rings (SSSR count). The number of hydrogen-bond donors (Lipinski definition) is 1. The van der Waals surface area contributed by atoms with Crippen molar-refractivity contribution in [2.75, 3.05) is 5.73 Å². The Morgan fingerprint density at radius 3 is 2.24 bits per heavy atom. The van der Waals surface area contributed by atoms with Gasteiger partial charge in [0.2, 0.25) is 0 Å². The summed E-state index contributed by atoms with van der Waals surface area (Å²) >= 11 is 0. The number of anilines is 1. The van der Waals surface area contributed by atoms with Crippen molar-refractivity contribution >= 4 is 27.8 Å². The molecule has 3 heterocycles. The lowest BCUT2D eigenvalue weighted by atomic mass is 9.90. The summed E-state index contributed by atoms with van der Waals surface area (Å²) in [4.78, 5) is 4.33. The van der Waals surface area contributed by atoms with Crippen LogP contribution in [0.3, 0.4) is 0 Å². The number of nitrogens with zero attached hydrogens (tertiary/aromatic N) is 5. The standard InChI is InChI=1S/C24H21F3N6/c1-24(2,3)22-14-10-13-17(25)18(26)21(19(27)20(13)29-23(14)32(4)31-22)33-16(28)11-15(30-33)12-8-6-5-7-9-12/h5-11H,28H2,1-4H3. The largest absolute Gasteiger partial charge is 0.384 e. The molecule has 0 spiro atoms. The molecular formula is C24H21F3N6. The molecule has 33 heavy (non-hydrogen) atoms. The number of fused-ring (bicyclic) bond motifs is 2. The van der Waals surface area contributed by atoms with E-state index in [1.807, 2.05) is 26.8 Å². The Labute approximate surface area is 187 Å². The van der Waals surface area contributed by atoms with Gasteiger partial charge in [-0.2, -0.15) is 10.2 Å². The van der Waals surface area contributed by atoms with E-state index in [0.717, 1.165) is 4.68 Å². The highest BCUT2D eigenvalue weighted by Gasteiger charge is 2.28. The Bertz CT molecular complexity index is 1540. The summed E-state index contributed by atoms with van der Waals surface area (Å²) < 4.78 is 48.5. The van der Waals surface area contributed by atoms with Crippen molar-refractivity contribution < 1.29 is 13.2 Å². The van der Waals surface area contributed by atoms with Gasteiger partial charge in [0.25, 0.3) is 0 Å². The third kappa shape index (κ3) is 3.14. The lowest BCUT2D eigenvalue weighted by Gasteiger charge is -2.15. The van der Waals surface area contributed by atoms with Crippen LogP contribution in [-0.4, -0.2) is 24.5 Å². The number of pyridine rings is 1. The molecule has 0 radical (unpaired) electrons. The predicted molar refractivity (Wildman–Crippen MR) is 122 cm³/mol. The maximum Gasteiger partial charge on any atom is 0.188 e. The maximum absolute atomic E-state index is 15.7. The average Bonchev–Trinajstić information content (AvgIpc) is 3.32. The van der Waals surface area contributed by atoms with Crippen LogP contribution in [0.2, 0.25) is 0 Å². The van der Waals surface area contributed by atoms with Crippen molar-refractivity contribution in [3.63, 3.8) is 0 Å². The molecule has 0 fully saturated rings. The predicted octanol–water partition coefficient (Wildman–Crippen LogP) is 5.27. The van der Waals surface area contributed by atoms with Crippen LogP contribution in [0.5, 0.6) is 0 Å². The van der Waals surface area contributed by atoms with E-state index in [1.54, 1.807) is 31.3 Å². The van der Waals surface area contributed by atoms with Crippen LogP contribution in [0.1, 0.15) is 26.5 Å².